The van der Waals surface area contributed by atoms with Gasteiger partial charge in [-0.05, 0) is 30.8 Å². The molecule has 0 radical (unpaired) electrons. The molecule has 0 aromatic heterocycles. The van der Waals surface area contributed by atoms with Crippen molar-refractivity contribution in [1.82, 2.24) is 4.90 Å². The number of benzene rings is 1. The van der Waals surface area contributed by atoms with Crippen LogP contribution < -0.4 is 4.90 Å². The number of hydrogen-bond donors (Lipinski definition) is 0. The molecule has 4 nitrogen and oxygen atoms in total. The van der Waals surface area contributed by atoms with Crippen LogP contribution in [0.4, 0.5) is 5.69 Å². The molecule has 0 bridgehead atoms. The number of hydrogen-bond acceptors (Lipinski definition) is 3. The third-order valence-electron chi connectivity index (χ3n) is 2.51. The molecule has 0 aliphatic carbocycles. The summed E-state index contributed by atoms with van der Waals surface area (Å²) in [5, 5.41) is 0.271. The predicted molar refractivity (Wildman–Crippen MR) is 68.5 cm³/mol. The number of amides is 2. The third kappa shape index (κ3) is 1.93. The van der Waals surface area contributed by atoms with Crippen LogP contribution in [0.1, 0.15) is 13.3 Å². The van der Waals surface area contributed by atoms with Crippen molar-refractivity contribution >= 4 is 34.8 Å². The average molecular weight is 248 g/mol. The Morgan fingerprint density at radius 2 is 1.76 bits per heavy atom. The molecule has 0 spiro atoms. The molecule has 1 fully saturated rings. The number of nitrogens with zero attached hydrogens (tertiary/aromatic N) is 2. The minimum Gasteiger partial charge on any atom is -0.280 e. The fraction of sp³-hybridized carbons (Fsp3) is 0.250. The molecule has 2 rings (SSSR count). The first kappa shape index (κ1) is 11.7. The highest BCUT2D eigenvalue weighted by Crippen LogP contribution is 2.21. The quantitative estimate of drug-likeness (QED) is 0.602. The van der Waals surface area contributed by atoms with E-state index in [2.05, 4.69) is 0 Å². The third-order valence-corrected chi connectivity index (χ3v) is 2.92. The van der Waals surface area contributed by atoms with Gasteiger partial charge >= 0.3 is 11.8 Å². The van der Waals surface area contributed by atoms with E-state index < -0.39 is 11.8 Å². The van der Waals surface area contributed by atoms with Gasteiger partial charge in [-0.1, -0.05) is 25.1 Å². The Bertz CT molecular complexity index is 473. The predicted octanol–water partition coefficient (Wildman–Crippen LogP) is 1.56. The Morgan fingerprint density at radius 1 is 1.12 bits per heavy atom. The van der Waals surface area contributed by atoms with Crippen molar-refractivity contribution in [2.75, 3.05) is 11.4 Å². The van der Waals surface area contributed by atoms with Crippen LogP contribution in [0.5, 0.6) is 0 Å². The molecule has 2 amide bonds. The van der Waals surface area contributed by atoms with Gasteiger partial charge in [0.15, 0.2) is 5.11 Å². The van der Waals surface area contributed by atoms with Crippen LogP contribution >= 0.6 is 12.2 Å². The molecular formula is C12H12N2O2S. The van der Waals surface area contributed by atoms with E-state index in [1.165, 1.54) is 9.80 Å². The van der Waals surface area contributed by atoms with Crippen molar-refractivity contribution in [3.05, 3.63) is 30.3 Å². The van der Waals surface area contributed by atoms with Crippen LogP contribution in [0.2, 0.25) is 0 Å². The maximum absolute atomic E-state index is 11.8. The number of thiocarbonyl (C=S) groups is 1. The summed E-state index contributed by atoms with van der Waals surface area (Å²) in [5.74, 6) is -1.12. The Labute approximate surface area is 105 Å². The minimum absolute atomic E-state index is 0.271. The number of para-hydroxylation sites is 1. The summed E-state index contributed by atoms with van der Waals surface area (Å²) in [6.45, 7) is 2.41. The smallest absolute Gasteiger partial charge is 0.280 e. The molecule has 0 atom stereocenters. The lowest BCUT2D eigenvalue weighted by molar-refractivity contribution is -0.139. The Morgan fingerprint density at radius 3 is 2.35 bits per heavy atom. The Kier molecular flexibility index (Phi) is 3.19. The van der Waals surface area contributed by atoms with Gasteiger partial charge in [0.05, 0.1) is 5.69 Å². The van der Waals surface area contributed by atoms with E-state index in [4.69, 9.17) is 12.2 Å². The van der Waals surface area contributed by atoms with Gasteiger partial charge in [0.2, 0.25) is 0 Å². The highest BCUT2D eigenvalue weighted by Gasteiger charge is 2.41. The van der Waals surface area contributed by atoms with Gasteiger partial charge in [-0.15, -0.1) is 0 Å². The molecule has 17 heavy (non-hydrogen) atoms. The van der Waals surface area contributed by atoms with Crippen molar-refractivity contribution in [1.29, 1.82) is 0 Å². The maximum atomic E-state index is 11.8. The molecule has 1 aromatic rings. The maximum Gasteiger partial charge on any atom is 0.323 e. The highest BCUT2D eigenvalue weighted by atomic mass is 32.1. The normalized spacial score (nSPS) is 15.9. The average Bonchev–Trinajstić information content (AvgIpc) is 2.55. The topological polar surface area (TPSA) is 40.6 Å². The van der Waals surface area contributed by atoms with E-state index in [0.717, 1.165) is 6.42 Å². The first-order chi connectivity index (χ1) is 8.16. The van der Waals surface area contributed by atoms with E-state index in [0.29, 0.717) is 12.2 Å². The second-order valence-electron chi connectivity index (χ2n) is 3.72. The fourth-order valence-corrected chi connectivity index (χ4v) is 2.09. The molecule has 0 unspecified atom stereocenters. The van der Waals surface area contributed by atoms with Gasteiger partial charge in [0.1, 0.15) is 0 Å². The summed E-state index contributed by atoms with van der Waals surface area (Å²) >= 11 is 5.17. The first-order valence-electron chi connectivity index (χ1n) is 5.41. The number of rotatable bonds is 3. The second kappa shape index (κ2) is 4.63. The summed E-state index contributed by atoms with van der Waals surface area (Å²) < 4.78 is 0. The lowest BCUT2D eigenvalue weighted by Gasteiger charge is -2.17. The van der Waals surface area contributed by atoms with Crippen LogP contribution in [-0.2, 0) is 9.59 Å². The van der Waals surface area contributed by atoms with Gasteiger partial charge in [0, 0.05) is 6.54 Å². The zero-order valence-electron chi connectivity index (χ0n) is 9.42. The Hall–Kier alpha value is -1.75. The number of anilines is 1. The molecule has 88 valence electrons. The second-order valence-corrected chi connectivity index (χ2v) is 4.08. The van der Waals surface area contributed by atoms with Gasteiger partial charge in [-0.3, -0.25) is 14.5 Å². The molecule has 1 aliphatic rings. The largest absolute Gasteiger partial charge is 0.323 e. The minimum atomic E-state index is -0.574. The molecule has 0 saturated carbocycles. The summed E-state index contributed by atoms with van der Waals surface area (Å²) in [7, 11) is 0. The lowest BCUT2D eigenvalue weighted by Crippen LogP contribution is -2.33. The molecule has 1 saturated heterocycles. The van der Waals surface area contributed by atoms with Gasteiger partial charge in [0.25, 0.3) is 0 Å². The number of carbonyl (C=O) groups excluding carboxylic acids is 2. The molecule has 1 aliphatic heterocycles. The highest BCUT2D eigenvalue weighted by molar-refractivity contribution is 7.80. The number of carbonyl (C=O) groups is 2. The van der Waals surface area contributed by atoms with Crippen LogP contribution in [-0.4, -0.2) is 28.4 Å². The fourth-order valence-electron chi connectivity index (χ4n) is 1.73. The first-order valence-corrected chi connectivity index (χ1v) is 5.82. The van der Waals surface area contributed by atoms with Crippen molar-refractivity contribution in [2.24, 2.45) is 0 Å². The van der Waals surface area contributed by atoms with Crippen molar-refractivity contribution in [3.63, 3.8) is 0 Å². The van der Waals surface area contributed by atoms with Gasteiger partial charge in [-0.25, -0.2) is 4.90 Å². The Balaban J connectivity index is 2.34. The van der Waals surface area contributed by atoms with Crippen molar-refractivity contribution in [3.8, 4) is 0 Å². The van der Waals surface area contributed by atoms with Crippen LogP contribution in [0.15, 0.2) is 30.3 Å². The van der Waals surface area contributed by atoms with Gasteiger partial charge < -0.3 is 0 Å². The lowest BCUT2D eigenvalue weighted by atomic mass is 10.3. The van der Waals surface area contributed by atoms with Gasteiger partial charge in [-0.2, -0.15) is 0 Å². The van der Waals surface area contributed by atoms with E-state index in [-0.39, 0.29) is 5.11 Å². The molecule has 0 N–H and O–H groups in total. The van der Waals surface area contributed by atoms with E-state index in [1.807, 2.05) is 13.0 Å². The molecule has 5 heteroatoms. The van der Waals surface area contributed by atoms with E-state index >= 15 is 0 Å². The van der Waals surface area contributed by atoms with E-state index in [1.54, 1.807) is 24.3 Å². The zero-order chi connectivity index (χ0) is 12.4. The van der Waals surface area contributed by atoms with Crippen LogP contribution in [0, 0.1) is 0 Å². The van der Waals surface area contributed by atoms with Crippen molar-refractivity contribution in [2.45, 2.75) is 13.3 Å². The SMILES string of the molecule is CCCN1C(=O)C(=O)N(c2ccccc2)C1=S. The summed E-state index contributed by atoms with van der Waals surface area (Å²) in [5.41, 5.74) is 0.634. The van der Waals surface area contributed by atoms with Crippen LogP contribution in [0.25, 0.3) is 0 Å². The van der Waals surface area contributed by atoms with Crippen LogP contribution in [0.3, 0.4) is 0 Å². The van der Waals surface area contributed by atoms with Crippen molar-refractivity contribution < 1.29 is 9.59 Å². The molecular weight excluding hydrogens is 236 g/mol. The summed E-state index contributed by atoms with van der Waals surface area (Å²) in [4.78, 5) is 26.2. The monoisotopic (exact) mass is 248 g/mol. The van der Waals surface area contributed by atoms with E-state index in [9.17, 15) is 9.59 Å². The summed E-state index contributed by atoms with van der Waals surface area (Å²) in [6, 6.07) is 8.97. The molecule has 1 aromatic carbocycles. The zero-order valence-corrected chi connectivity index (χ0v) is 10.2. The summed E-state index contributed by atoms with van der Waals surface area (Å²) in [6.07, 6.45) is 0.766. The standard InChI is InChI=1S/C12H12N2O2S/c1-2-8-13-10(15)11(16)14(12(13)17)9-6-4-3-5-7-9/h3-7H,2,8H2,1H3. The molecule has 1 heterocycles.